The minimum atomic E-state index is -0.398. The van der Waals surface area contributed by atoms with Gasteiger partial charge in [-0.15, -0.1) is 0 Å². The molecule has 1 aromatic heterocycles. The number of aliphatic hydroxyl groups excluding tert-OH is 1. The molecule has 1 aliphatic heterocycles. The maximum absolute atomic E-state index is 11.6. The lowest BCUT2D eigenvalue weighted by Crippen LogP contribution is -2.48. The third-order valence-electron chi connectivity index (χ3n) is 4.62. The van der Waals surface area contributed by atoms with Gasteiger partial charge in [-0.3, -0.25) is 4.79 Å². The van der Waals surface area contributed by atoms with E-state index in [0.29, 0.717) is 31.2 Å². The Morgan fingerprint density at radius 3 is 2.69 bits per heavy atom. The summed E-state index contributed by atoms with van der Waals surface area (Å²) in [5.74, 6) is 1.03. The molecule has 1 fully saturated rings. The van der Waals surface area contributed by atoms with Gasteiger partial charge < -0.3 is 20.2 Å². The molecule has 1 amide bonds. The molecule has 2 aromatic rings. The van der Waals surface area contributed by atoms with Crippen LogP contribution in [-0.4, -0.2) is 59.7 Å². The number of piperazine rings is 1. The average Bonchev–Trinajstić information content (AvgIpc) is 2.61. The van der Waals surface area contributed by atoms with Crippen LogP contribution in [-0.2, 0) is 11.3 Å². The fraction of sp³-hybridized carbons (Fsp3) is 0.474. The van der Waals surface area contributed by atoms with Crippen LogP contribution >= 0.6 is 11.6 Å². The summed E-state index contributed by atoms with van der Waals surface area (Å²) in [6.07, 6.45) is -0.398. The Morgan fingerprint density at radius 2 is 2.04 bits per heavy atom. The van der Waals surface area contributed by atoms with Gasteiger partial charge in [0.1, 0.15) is 5.82 Å². The summed E-state index contributed by atoms with van der Waals surface area (Å²) in [5.41, 5.74) is 1.94. The van der Waals surface area contributed by atoms with Crippen LogP contribution in [0.25, 0.3) is 10.9 Å². The molecule has 0 bridgehead atoms. The largest absolute Gasteiger partial charge is 0.392 e. The van der Waals surface area contributed by atoms with E-state index in [1.807, 2.05) is 23.1 Å². The highest BCUT2D eigenvalue weighted by atomic mass is 35.5. The minimum absolute atomic E-state index is 0.113. The highest BCUT2D eigenvalue weighted by molar-refractivity contribution is 6.31. The quantitative estimate of drug-likeness (QED) is 0.835. The first-order valence-electron chi connectivity index (χ1n) is 8.92. The summed E-state index contributed by atoms with van der Waals surface area (Å²) >= 11 is 6.13. The van der Waals surface area contributed by atoms with Gasteiger partial charge in [-0.25, -0.2) is 4.98 Å². The number of fused-ring (bicyclic) bond motifs is 1. The predicted molar refractivity (Wildman–Crippen MR) is 105 cm³/mol. The maximum Gasteiger partial charge on any atom is 0.219 e. The van der Waals surface area contributed by atoms with E-state index < -0.39 is 6.10 Å². The molecule has 0 spiro atoms. The standard InChI is InChI=1S/C19H25ClN4O2/c1-13(25)11-21-12-16-9-15-3-4-17(20)10-18(15)22-19(16)24-7-5-23(6-8-24)14(2)26/h3-4,9-10,13,21,25H,5-8,11-12H2,1-2H3. The van der Waals surface area contributed by atoms with E-state index in [2.05, 4.69) is 16.3 Å². The van der Waals surface area contributed by atoms with E-state index in [9.17, 15) is 9.90 Å². The van der Waals surface area contributed by atoms with Gasteiger partial charge >= 0.3 is 0 Å². The Bertz CT molecular complexity index is 788. The van der Waals surface area contributed by atoms with E-state index in [4.69, 9.17) is 16.6 Å². The maximum atomic E-state index is 11.6. The Kier molecular flexibility index (Phi) is 5.96. The lowest BCUT2D eigenvalue weighted by Gasteiger charge is -2.36. The molecule has 1 unspecified atom stereocenters. The summed E-state index contributed by atoms with van der Waals surface area (Å²) in [6.45, 7) is 7.42. The molecule has 3 rings (SSSR count). The highest BCUT2D eigenvalue weighted by Crippen LogP contribution is 2.26. The van der Waals surface area contributed by atoms with E-state index in [-0.39, 0.29) is 5.91 Å². The average molecular weight is 377 g/mol. The van der Waals surface area contributed by atoms with Crippen LogP contribution in [0.15, 0.2) is 24.3 Å². The summed E-state index contributed by atoms with van der Waals surface area (Å²) in [6, 6.07) is 7.84. The SMILES string of the molecule is CC(=O)N1CCN(c2nc3cc(Cl)ccc3cc2CNCC(C)O)CC1. The highest BCUT2D eigenvalue weighted by Gasteiger charge is 2.22. The van der Waals surface area contributed by atoms with E-state index in [1.165, 1.54) is 0 Å². The van der Waals surface area contributed by atoms with Gasteiger partial charge in [0.05, 0.1) is 11.6 Å². The van der Waals surface area contributed by atoms with Crippen LogP contribution in [0.4, 0.5) is 5.82 Å². The van der Waals surface area contributed by atoms with Crippen molar-refractivity contribution in [3.63, 3.8) is 0 Å². The zero-order chi connectivity index (χ0) is 18.7. The molecule has 1 atom stereocenters. The van der Waals surface area contributed by atoms with E-state index in [1.54, 1.807) is 13.8 Å². The van der Waals surface area contributed by atoms with Crippen molar-refractivity contribution in [2.45, 2.75) is 26.5 Å². The Labute approximate surface area is 158 Å². The normalized spacial score (nSPS) is 16.2. The molecular formula is C19H25ClN4O2. The second-order valence-electron chi connectivity index (χ2n) is 6.78. The number of pyridine rings is 1. The number of aliphatic hydroxyl groups is 1. The number of hydrogen-bond donors (Lipinski definition) is 2. The van der Waals surface area contributed by atoms with Crippen LogP contribution in [0.5, 0.6) is 0 Å². The second-order valence-corrected chi connectivity index (χ2v) is 7.22. The molecule has 1 saturated heterocycles. The second kappa shape index (κ2) is 8.20. The smallest absolute Gasteiger partial charge is 0.219 e. The third kappa shape index (κ3) is 4.44. The molecule has 26 heavy (non-hydrogen) atoms. The molecule has 0 aliphatic carbocycles. The lowest BCUT2D eigenvalue weighted by molar-refractivity contribution is -0.129. The Morgan fingerprint density at radius 1 is 1.31 bits per heavy atom. The molecule has 6 nitrogen and oxygen atoms in total. The molecule has 7 heteroatoms. The van der Waals surface area contributed by atoms with Gasteiger partial charge in [0.25, 0.3) is 0 Å². The molecule has 0 radical (unpaired) electrons. The fourth-order valence-corrected chi connectivity index (χ4v) is 3.39. The molecule has 1 aliphatic rings. The molecular weight excluding hydrogens is 352 g/mol. The first kappa shape index (κ1) is 18.9. The number of nitrogens with one attached hydrogen (secondary N) is 1. The van der Waals surface area contributed by atoms with Crippen LogP contribution in [0.3, 0.4) is 0 Å². The summed E-state index contributed by atoms with van der Waals surface area (Å²) < 4.78 is 0. The van der Waals surface area contributed by atoms with Crippen LogP contribution in [0.1, 0.15) is 19.4 Å². The number of rotatable bonds is 5. The third-order valence-corrected chi connectivity index (χ3v) is 4.85. The summed E-state index contributed by atoms with van der Waals surface area (Å²) in [5, 5.41) is 14.5. The number of anilines is 1. The van der Waals surface area contributed by atoms with Crippen LogP contribution in [0.2, 0.25) is 5.02 Å². The van der Waals surface area contributed by atoms with Crippen molar-refractivity contribution in [3.8, 4) is 0 Å². The van der Waals surface area contributed by atoms with Gasteiger partial charge in [0.15, 0.2) is 0 Å². The number of benzene rings is 1. The zero-order valence-electron chi connectivity index (χ0n) is 15.2. The number of amides is 1. The minimum Gasteiger partial charge on any atom is -0.392 e. The van der Waals surface area contributed by atoms with Crippen molar-refractivity contribution < 1.29 is 9.90 Å². The number of aromatic nitrogens is 1. The molecule has 2 N–H and O–H groups in total. The Balaban J connectivity index is 1.88. The first-order valence-corrected chi connectivity index (χ1v) is 9.30. The molecule has 140 valence electrons. The lowest BCUT2D eigenvalue weighted by atomic mass is 10.1. The molecule has 1 aromatic carbocycles. The number of carbonyl (C=O) groups excluding carboxylic acids is 1. The van der Waals surface area contributed by atoms with Crippen molar-refractivity contribution in [1.29, 1.82) is 0 Å². The van der Waals surface area contributed by atoms with Crippen molar-refractivity contribution in [2.75, 3.05) is 37.6 Å². The van der Waals surface area contributed by atoms with Gasteiger partial charge in [0, 0.05) is 62.2 Å². The number of nitrogens with zero attached hydrogens (tertiary/aromatic N) is 3. The number of halogens is 1. The van der Waals surface area contributed by atoms with Gasteiger partial charge in [-0.2, -0.15) is 0 Å². The van der Waals surface area contributed by atoms with E-state index >= 15 is 0 Å². The van der Waals surface area contributed by atoms with Gasteiger partial charge in [-0.1, -0.05) is 17.7 Å². The monoisotopic (exact) mass is 376 g/mol. The molecule has 0 saturated carbocycles. The first-order chi connectivity index (χ1) is 12.4. The van der Waals surface area contributed by atoms with Gasteiger partial charge in [0.2, 0.25) is 5.91 Å². The number of hydrogen-bond acceptors (Lipinski definition) is 5. The van der Waals surface area contributed by atoms with Crippen LogP contribution in [0, 0.1) is 0 Å². The Hall–Kier alpha value is -1.89. The van der Waals surface area contributed by atoms with Crippen molar-refractivity contribution in [1.82, 2.24) is 15.2 Å². The molecule has 2 heterocycles. The predicted octanol–water partition coefficient (Wildman–Crippen LogP) is 2.03. The zero-order valence-corrected chi connectivity index (χ0v) is 16.0. The summed E-state index contributed by atoms with van der Waals surface area (Å²) in [7, 11) is 0. The van der Waals surface area contributed by atoms with Crippen LogP contribution < -0.4 is 10.2 Å². The van der Waals surface area contributed by atoms with Crippen molar-refractivity contribution in [3.05, 3.63) is 34.9 Å². The topological polar surface area (TPSA) is 68.7 Å². The van der Waals surface area contributed by atoms with Gasteiger partial charge in [-0.05, 0) is 25.1 Å². The van der Waals surface area contributed by atoms with Crippen molar-refractivity contribution >= 4 is 34.2 Å². The fourth-order valence-electron chi connectivity index (χ4n) is 3.23. The summed E-state index contributed by atoms with van der Waals surface area (Å²) in [4.78, 5) is 20.5. The van der Waals surface area contributed by atoms with Crippen molar-refractivity contribution in [2.24, 2.45) is 0 Å². The number of carbonyl (C=O) groups is 1. The van der Waals surface area contributed by atoms with E-state index in [0.717, 1.165) is 35.4 Å².